The first-order valence-corrected chi connectivity index (χ1v) is 30.4. The van der Waals surface area contributed by atoms with E-state index in [1.165, 1.54) is 14.2 Å². The summed E-state index contributed by atoms with van der Waals surface area (Å²) in [6.07, 6.45) is 9.05. The summed E-state index contributed by atoms with van der Waals surface area (Å²) in [5.74, 6) is -8.82. The molecule has 3 heterocycles. The lowest BCUT2D eigenvalue weighted by molar-refractivity contribution is -0.265. The van der Waals surface area contributed by atoms with E-state index < -0.39 is 122 Å². The molecule has 15 nitrogen and oxygen atoms in total. The van der Waals surface area contributed by atoms with Gasteiger partial charge in [-0.1, -0.05) is 91.8 Å². The van der Waals surface area contributed by atoms with Crippen LogP contribution in [0.4, 0.5) is 0 Å². The van der Waals surface area contributed by atoms with Crippen molar-refractivity contribution in [3.8, 4) is 0 Å². The van der Waals surface area contributed by atoms with Crippen molar-refractivity contribution in [3.63, 3.8) is 0 Å². The fraction of sp³-hybridized carbons (Fsp3) is 0.780. The summed E-state index contributed by atoms with van der Waals surface area (Å²) in [5.41, 5.74) is 1.20. The fourth-order valence-electron chi connectivity index (χ4n) is 10.6. The summed E-state index contributed by atoms with van der Waals surface area (Å²) in [6, 6.07) is -1.22. The van der Waals surface area contributed by atoms with Crippen LogP contribution in [-0.4, -0.2) is 148 Å². The smallest absolute Gasteiger partial charge is 0.329 e. The van der Waals surface area contributed by atoms with Crippen LogP contribution in [0.3, 0.4) is 0 Å². The van der Waals surface area contributed by atoms with Gasteiger partial charge in [0.1, 0.15) is 30.1 Å². The average molecular weight is 1080 g/mol. The fourth-order valence-corrected chi connectivity index (χ4v) is 11.2. The third-order valence-electron chi connectivity index (χ3n) is 16.8. The normalized spacial score (nSPS) is 38.3. The van der Waals surface area contributed by atoms with Crippen LogP contribution < -0.4 is 0 Å². The molecule has 426 valence electrons. The van der Waals surface area contributed by atoms with Crippen LogP contribution in [0.2, 0.25) is 18.1 Å². The Morgan fingerprint density at radius 3 is 2.23 bits per heavy atom. The number of Topliss-reactive ketones (excluding diaryl/α,β-unsaturated/α-hetero) is 3. The van der Waals surface area contributed by atoms with Crippen LogP contribution in [-0.2, 0) is 56.8 Å². The number of ether oxygens (including phenoxy) is 6. The van der Waals surface area contributed by atoms with E-state index in [0.717, 1.165) is 10.5 Å². The Bertz CT molecular complexity index is 2210. The zero-order valence-corrected chi connectivity index (χ0v) is 49.0. The maximum Gasteiger partial charge on any atom is 0.329 e. The lowest BCUT2D eigenvalue weighted by atomic mass is 9.78. The van der Waals surface area contributed by atoms with E-state index in [9.17, 15) is 34.2 Å². The van der Waals surface area contributed by atoms with Crippen molar-refractivity contribution in [1.29, 1.82) is 0 Å². The molecule has 0 aromatic carbocycles. The van der Waals surface area contributed by atoms with Gasteiger partial charge in [-0.2, -0.15) is 0 Å². The van der Waals surface area contributed by atoms with Gasteiger partial charge in [-0.05, 0) is 125 Å². The number of cyclic esters (lactones) is 1. The summed E-state index contributed by atoms with van der Waals surface area (Å²) >= 11 is 0. The third kappa shape index (κ3) is 17.7. The Labute approximate surface area is 456 Å². The Morgan fingerprint density at radius 1 is 0.867 bits per heavy atom. The molecule has 3 aliphatic heterocycles. The second kappa shape index (κ2) is 29.1. The van der Waals surface area contributed by atoms with Gasteiger partial charge in [0.2, 0.25) is 5.79 Å². The van der Waals surface area contributed by atoms with Gasteiger partial charge in [-0.3, -0.25) is 19.2 Å². The number of aliphatic hydroxyl groups is 2. The minimum Gasteiger partial charge on any atom is -0.460 e. The molecule has 0 spiro atoms. The van der Waals surface area contributed by atoms with Gasteiger partial charge in [-0.25, -0.2) is 4.79 Å². The van der Waals surface area contributed by atoms with Crippen LogP contribution >= 0.6 is 0 Å². The van der Waals surface area contributed by atoms with Gasteiger partial charge in [0, 0.05) is 58.5 Å². The van der Waals surface area contributed by atoms with Gasteiger partial charge in [-0.15, -0.1) is 0 Å². The molecule has 0 radical (unpaired) electrons. The molecule has 0 aromatic rings. The van der Waals surface area contributed by atoms with Crippen LogP contribution in [0.25, 0.3) is 0 Å². The van der Waals surface area contributed by atoms with E-state index in [1.54, 1.807) is 40.9 Å². The molecule has 16 heteroatoms. The molecule has 1 aliphatic carbocycles. The minimum absolute atomic E-state index is 0.0138. The number of amides is 1. The average Bonchev–Trinajstić information content (AvgIpc) is 3.44. The van der Waals surface area contributed by atoms with Crippen molar-refractivity contribution in [2.24, 2.45) is 35.5 Å². The van der Waals surface area contributed by atoms with E-state index in [1.807, 2.05) is 85.0 Å². The van der Waals surface area contributed by atoms with Crippen LogP contribution in [0.5, 0.6) is 0 Å². The van der Waals surface area contributed by atoms with E-state index in [0.29, 0.717) is 63.4 Å². The first kappa shape index (κ1) is 58.0. The topological polar surface area (TPSA) is 194 Å². The molecule has 1 amide bonds. The Morgan fingerprint density at radius 2 is 1.57 bits per heavy atom. The number of nitrogens with zero attached hydrogens (tertiary/aromatic N) is 1. The number of carbonyl (C=O) groups excluding carboxylic acids is 5. The summed E-state index contributed by atoms with van der Waals surface area (Å²) in [6.45, 7) is 16.4. The van der Waals surface area contributed by atoms with Gasteiger partial charge >= 0.3 is 5.97 Å². The third-order valence-corrected chi connectivity index (χ3v) is 21.0. The highest BCUT2D eigenvalue weighted by Crippen LogP contribution is 2.39. The van der Waals surface area contributed by atoms with Crippen molar-refractivity contribution in [1.82, 2.24) is 4.90 Å². The van der Waals surface area contributed by atoms with E-state index in [4.69, 9.17) is 38.3 Å². The number of allylic oxidation sites excluding steroid dienone is 6. The van der Waals surface area contributed by atoms with Crippen LogP contribution in [0.15, 0.2) is 47.6 Å². The molecule has 1 saturated carbocycles. The quantitative estimate of drug-likeness (QED) is 0.0861. The Balaban J connectivity index is 1.69. The number of rotatable bonds is 11. The molecule has 0 aromatic heterocycles. The second-order valence-electron chi connectivity index (χ2n) is 23.7. The van der Waals surface area contributed by atoms with Crippen molar-refractivity contribution >= 4 is 37.5 Å². The number of carbonyl (C=O) groups is 5. The zero-order chi connectivity index (χ0) is 59.6. The molecule has 2 bridgehead atoms. The highest BCUT2D eigenvalue weighted by molar-refractivity contribution is 6.74. The number of hydrogen-bond donors (Lipinski definition) is 2. The van der Waals surface area contributed by atoms with Gasteiger partial charge in [0.25, 0.3) is 11.7 Å². The predicted octanol–water partition coefficient (Wildman–Crippen LogP) is 9.23. The molecule has 4 rings (SSSR count). The molecular weight excluding hydrogens is 975 g/mol. The number of fused-ring (bicyclic) bond motifs is 3. The highest BCUT2D eigenvalue weighted by Gasteiger charge is 2.53. The first-order valence-electron chi connectivity index (χ1n) is 29.5. The zero-order valence-electron chi connectivity index (χ0n) is 52.0. The predicted molar refractivity (Wildman–Crippen MR) is 292 cm³/mol. The van der Waals surface area contributed by atoms with E-state index >= 15 is 0 Å². The summed E-state index contributed by atoms with van der Waals surface area (Å²) in [4.78, 5) is 72.9. The molecule has 4 aliphatic rings. The Kier molecular flexibility index (Phi) is 22.5. The second-order valence-corrected chi connectivity index (χ2v) is 28.5. The molecule has 3 fully saturated rings. The Hall–Kier alpha value is -3.19. The monoisotopic (exact) mass is 1080 g/mol. The van der Waals surface area contributed by atoms with E-state index in [2.05, 4.69) is 0 Å². The molecular formula is C59H97NO14Si. The summed E-state index contributed by atoms with van der Waals surface area (Å²) < 4.78 is 76.6. The highest BCUT2D eigenvalue weighted by atomic mass is 28.4. The number of methoxy groups -OCH3 is 3. The first-order chi connectivity index (χ1) is 36.6. The molecule has 2 saturated heterocycles. The SMILES string of the molecule is [2H]C([2H])(O[C@@H]1CC[C@@H](C[C@@H](C)[C@@H]2CC(=O)[C@H](C)/C=C(\C)[C@@H](O)[C@@H](OC)C(=O)[C@H](C)C[C@H](C)\C=C/C=C/C=C(\C)[C@H](OC)C[C@@H]3CC[C@@H](C)[C@@](O)(O3)C(=O)C(=O)N3CCCC[C@H]3C(=O)O2)C[C@H]1OC)C([2H])([2H])O[Si](C)(C)C(C)(C)C. The minimum atomic E-state index is -2.83. The van der Waals surface area contributed by atoms with Crippen LogP contribution in [0, 0.1) is 35.5 Å². The number of esters is 1. The van der Waals surface area contributed by atoms with Gasteiger partial charge in [0.05, 0.1) is 43.0 Å². The molecule has 15 atom stereocenters. The largest absolute Gasteiger partial charge is 0.460 e. The maximum absolute atomic E-state index is 14.7. The standard InChI is InChI=1S/C59H97NO14Si/c1-37-21-17-16-18-22-38(2)49(68-11)35-45-26-24-43(7)59(67,74-45)55(64)56(65)60-28-20-19-23-46(60)57(66)73-50(36-47(61)39(3)32-42(6)53(63)54(70-13)52(62)41(5)31-37)40(4)33-44-25-27-48(51(34-44)69-12)71-29-30-72-75(14,15)58(8,9)10/h16-18,21-22,32,37,39-41,43-46,48-51,53-54,63,67H,19-20,23-31,33-36H2,1-15H3/b18-16+,21-17-,38-22+,42-32+/t37-,39-,40-,41-,43-,44+,45+,46+,48-,49-,50+,51-,53-,54+,59-/m1/s1/i29D2,30D2. The lowest BCUT2D eigenvalue weighted by Crippen LogP contribution is -2.61. The van der Waals surface area contributed by atoms with Gasteiger partial charge in [0.15, 0.2) is 14.1 Å². The van der Waals surface area contributed by atoms with Crippen molar-refractivity contribution in [2.45, 2.75) is 219 Å². The summed E-state index contributed by atoms with van der Waals surface area (Å²) in [7, 11) is 1.64. The summed E-state index contributed by atoms with van der Waals surface area (Å²) in [5, 5.41) is 23.2. The van der Waals surface area contributed by atoms with Crippen molar-refractivity contribution in [2.75, 3.05) is 41.0 Å². The van der Waals surface area contributed by atoms with Crippen molar-refractivity contribution < 1.29 is 72.5 Å². The molecule has 0 unspecified atom stereocenters. The van der Waals surface area contributed by atoms with Crippen molar-refractivity contribution in [3.05, 3.63) is 47.6 Å². The number of ketones is 3. The number of aliphatic hydroxyl groups excluding tert-OH is 1. The van der Waals surface area contributed by atoms with Crippen LogP contribution in [0.1, 0.15) is 152 Å². The molecule has 2 N–H and O–H groups in total. The van der Waals surface area contributed by atoms with E-state index in [-0.39, 0.29) is 49.2 Å². The number of piperidine rings is 1. The number of hydrogen-bond acceptors (Lipinski definition) is 14. The van der Waals surface area contributed by atoms with Gasteiger partial charge < -0.3 is 48.0 Å². The molecule has 75 heavy (non-hydrogen) atoms. The maximum atomic E-state index is 14.7. The lowest BCUT2D eigenvalue weighted by Gasteiger charge is -2.42.